The summed E-state index contributed by atoms with van der Waals surface area (Å²) in [5, 5.41) is 13.2. The van der Waals surface area contributed by atoms with Crippen molar-refractivity contribution < 1.29 is 14.5 Å². The first kappa shape index (κ1) is 15.0. The fourth-order valence-corrected chi connectivity index (χ4v) is 2.52. The smallest absolute Gasteiger partial charge is 0.374 e. The Balaban J connectivity index is 1.77. The number of ether oxygens (including phenoxy) is 1. The normalized spacial score (nSPS) is 16.2. The molecule has 109 valence electrons. The predicted molar refractivity (Wildman–Crippen MR) is 79.0 cm³/mol. The maximum Gasteiger partial charge on any atom is 0.374 e. The molecule has 2 N–H and O–H groups in total. The van der Waals surface area contributed by atoms with E-state index in [4.69, 9.17) is 4.74 Å². The molecule has 0 aromatic heterocycles. The van der Waals surface area contributed by atoms with E-state index in [9.17, 15) is 14.9 Å². The van der Waals surface area contributed by atoms with Gasteiger partial charge in [-0.3, -0.25) is 14.8 Å². The minimum atomic E-state index is -0.987. The first-order chi connectivity index (χ1) is 10.1. The molecule has 0 aliphatic carbocycles. The van der Waals surface area contributed by atoms with Crippen LogP contribution in [-0.4, -0.2) is 24.6 Å². The number of nitrogens with one attached hydrogen (secondary N) is 2. The summed E-state index contributed by atoms with van der Waals surface area (Å²) in [6.07, 6.45) is 1.13. The molecule has 0 saturated carbocycles. The first-order valence-corrected chi connectivity index (χ1v) is 7.14. The van der Waals surface area contributed by atoms with Gasteiger partial charge in [-0.05, 0) is 28.4 Å². The summed E-state index contributed by atoms with van der Waals surface area (Å²) < 4.78 is 11.4. The average Bonchev–Trinajstić information content (AvgIpc) is 2.94. The van der Waals surface area contributed by atoms with Crippen LogP contribution >= 0.6 is 0 Å². The van der Waals surface area contributed by atoms with Crippen molar-refractivity contribution in [2.45, 2.75) is 6.54 Å². The quantitative estimate of drug-likeness (QED) is 0.479. The largest absolute Gasteiger partial charge is 0.497 e. The minimum Gasteiger partial charge on any atom is -0.497 e. The molecule has 1 aliphatic rings. The highest BCUT2D eigenvalue weighted by Crippen LogP contribution is 2.11. The van der Waals surface area contributed by atoms with E-state index in [2.05, 4.69) is 14.4 Å². The molecule has 21 heavy (non-hydrogen) atoms. The summed E-state index contributed by atoms with van der Waals surface area (Å²) in [7, 11) is 0.593. The van der Waals surface area contributed by atoms with Crippen LogP contribution in [0.5, 0.6) is 5.75 Å². The van der Waals surface area contributed by atoms with Crippen molar-refractivity contribution >= 4 is 23.3 Å². The molecule has 0 fully saturated rings. The third-order valence-electron chi connectivity index (χ3n) is 2.55. The van der Waals surface area contributed by atoms with Crippen LogP contribution in [0.2, 0.25) is 0 Å². The highest BCUT2D eigenvalue weighted by atomic mass is 32.2. The Kier molecular flexibility index (Phi) is 4.93. The van der Waals surface area contributed by atoms with Crippen LogP contribution in [-0.2, 0) is 17.3 Å². The number of methoxy groups -OCH3 is 1. The zero-order chi connectivity index (χ0) is 15.2. The first-order valence-electron chi connectivity index (χ1n) is 5.89. The second-order valence-corrected chi connectivity index (χ2v) is 5.26. The molecule has 8 nitrogen and oxygen atoms in total. The standard InChI is InChI=1S/C11H12BN4O4S/c1-20-9-4-2-8(3-5-9)6-13-11(17)15-21-12-10(7-14-21)16(18)19/h2-5,7H,6H2,1H3,(H2,13,14,15,17). The van der Waals surface area contributed by atoms with E-state index >= 15 is 0 Å². The number of carbonyl (C=O) groups excluding carboxylic acids is 1. The lowest BCUT2D eigenvalue weighted by Crippen LogP contribution is -2.37. The number of nitro groups is 1. The lowest BCUT2D eigenvalue weighted by molar-refractivity contribution is -0.412. The van der Waals surface area contributed by atoms with Crippen LogP contribution in [0.25, 0.3) is 0 Å². The molecule has 1 aromatic carbocycles. The summed E-state index contributed by atoms with van der Waals surface area (Å²) in [4.78, 5) is 21.6. The summed E-state index contributed by atoms with van der Waals surface area (Å²) in [5.74, 6) is 0.738. The molecule has 0 spiro atoms. The minimum absolute atomic E-state index is 0.117. The van der Waals surface area contributed by atoms with Gasteiger partial charge in [0.2, 0.25) is 5.60 Å². The van der Waals surface area contributed by atoms with Crippen LogP contribution in [0.4, 0.5) is 4.79 Å². The Hall–Kier alpha value is -2.36. The predicted octanol–water partition coefficient (Wildman–Crippen LogP) is 0.920. The van der Waals surface area contributed by atoms with E-state index in [0.29, 0.717) is 6.54 Å². The zero-order valence-electron chi connectivity index (χ0n) is 11.1. The molecule has 1 radical (unpaired) electrons. The fraction of sp³-hybridized carbons (Fsp3) is 0.182. The maximum atomic E-state index is 11.7. The summed E-state index contributed by atoms with van der Waals surface area (Å²) in [6.45, 7) is 1.63. The van der Waals surface area contributed by atoms with Gasteiger partial charge in [-0.2, -0.15) is 0 Å². The van der Waals surface area contributed by atoms with Gasteiger partial charge >= 0.3 is 12.6 Å². The van der Waals surface area contributed by atoms with Crippen molar-refractivity contribution in [3.05, 3.63) is 51.7 Å². The van der Waals surface area contributed by atoms with Gasteiger partial charge in [0.1, 0.15) is 5.75 Å². The monoisotopic (exact) mass is 307 g/mol. The van der Waals surface area contributed by atoms with Gasteiger partial charge in [-0.25, -0.2) is 9.16 Å². The van der Waals surface area contributed by atoms with Gasteiger partial charge in [-0.1, -0.05) is 12.1 Å². The summed E-state index contributed by atoms with van der Waals surface area (Å²) >= 11 is 0. The van der Waals surface area contributed by atoms with E-state index in [1.54, 1.807) is 19.2 Å². The van der Waals surface area contributed by atoms with E-state index in [0.717, 1.165) is 17.5 Å². The zero-order valence-corrected chi connectivity index (χ0v) is 11.9. The SMILES string of the molecule is COc1ccc(CNC(=O)NS2=NC=C([N+](=O)[O-])[B]2)cc1. The van der Waals surface area contributed by atoms with Crippen LogP contribution in [0.1, 0.15) is 5.56 Å². The Morgan fingerprint density at radius 1 is 1.48 bits per heavy atom. The third-order valence-corrected chi connectivity index (χ3v) is 3.74. The molecule has 1 aromatic rings. The molecule has 2 rings (SSSR count). The van der Waals surface area contributed by atoms with Gasteiger partial charge in [0.15, 0.2) is 0 Å². The van der Waals surface area contributed by atoms with E-state index in [1.165, 1.54) is 6.56 Å². The Morgan fingerprint density at radius 2 is 2.19 bits per heavy atom. The molecule has 1 unspecified atom stereocenters. The van der Waals surface area contributed by atoms with E-state index in [-0.39, 0.29) is 5.60 Å². The summed E-state index contributed by atoms with van der Waals surface area (Å²) in [5.41, 5.74) is 0.791. The second kappa shape index (κ2) is 6.89. The molecule has 2 amide bonds. The van der Waals surface area contributed by atoms with Gasteiger partial charge in [0, 0.05) is 11.5 Å². The molecule has 1 heterocycles. The third kappa shape index (κ3) is 4.31. The molecule has 10 heteroatoms. The van der Waals surface area contributed by atoms with Gasteiger partial charge in [0.05, 0.1) is 13.3 Å². The van der Waals surface area contributed by atoms with Crippen LogP contribution in [0.3, 0.4) is 0 Å². The highest BCUT2D eigenvalue weighted by molar-refractivity contribution is 8.11. The number of hydrogen-bond donors (Lipinski definition) is 2. The topological polar surface area (TPSA) is 106 Å². The van der Waals surface area contributed by atoms with Crippen LogP contribution in [0.15, 0.2) is 40.4 Å². The lowest BCUT2D eigenvalue weighted by Gasteiger charge is -2.08. The van der Waals surface area contributed by atoms with Crippen LogP contribution < -0.4 is 14.8 Å². The molecular weight excluding hydrogens is 295 g/mol. The number of rotatable bonds is 5. The van der Waals surface area contributed by atoms with Crippen molar-refractivity contribution in [1.29, 1.82) is 0 Å². The van der Waals surface area contributed by atoms with Crippen molar-refractivity contribution in [2.75, 3.05) is 7.11 Å². The maximum absolute atomic E-state index is 11.7. The van der Waals surface area contributed by atoms with Crippen molar-refractivity contribution in [3.63, 3.8) is 0 Å². The average molecular weight is 307 g/mol. The number of nitrogens with zero attached hydrogens (tertiary/aromatic N) is 2. The number of hydrogen-bond acceptors (Lipinski definition) is 5. The van der Waals surface area contributed by atoms with Crippen LogP contribution in [0, 0.1) is 10.1 Å². The second-order valence-electron chi connectivity index (χ2n) is 3.98. The number of amides is 2. The fourth-order valence-electron chi connectivity index (χ4n) is 1.49. The molecule has 1 atom stereocenters. The van der Waals surface area contributed by atoms with E-state index < -0.39 is 21.7 Å². The van der Waals surface area contributed by atoms with Gasteiger partial charge in [0.25, 0.3) is 0 Å². The molecule has 1 aliphatic heterocycles. The van der Waals surface area contributed by atoms with Crippen molar-refractivity contribution in [3.8, 4) is 5.75 Å². The van der Waals surface area contributed by atoms with Gasteiger partial charge < -0.3 is 10.1 Å². The van der Waals surface area contributed by atoms with Gasteiger partial charge in [-0.15, -0.1) is 0 Å². The number of urea groups is 1. The Labute approximate surface area is 124 Å². The highest BCUT2D eigenvalue weighted by Gasteiger charge is 2.23. The summed E-state index contributed by atoms with van der Waals surface area (Å²) in [6, 6.07) is 6.82. The Morgan fingerprint density at radius 3 is 2.76 bits per heavy atom. The number of carbonyl (C=O) groups is 1. The van der Waals surface area contributed by atoms with Crippen molar-refractivity contribution in [2.24, 2.45) is 4.36 Å². The number of benzene rings is 1. The van der Waals surface area contributed by atoms with E-state index in [1.807, 2.05) is 12.1 Å². The Bertz CT molecular complexity index is 617. The lowest BCUT2D eigenvalue weighted by atomic mass is 10.1. The molecular formula is C11H12BN4O4S. The molecule has 0 bridgehead atoms. The van der Waals surface area contributed by atoms with Crippen molar-refractivity contribution in [1.82, 2.24) is 10.0 Å². The molecule has 0 saturated heterocycles.